The van der Waals surface area contributed by atoms with Gasteiger partial charge in [0.2, 0.25) is 0 Å². The van der Waals surface area contributed by atoms with Crippen molar-refractivity contribution in [2.24, 2.45) is 0 Å². The molecule has 11 heteroatoms. The minimum absolute atomic E-state index is 0.00519. The number of carbonyl (C=O) groups excluding carboxylic acids is 1. The molecule has 1 aliphatic rings. The van der Waals surface area contributed by atoms with Crippen LogP contribution in [0.4, 0.5) is 24.5 Å². The Bertz CT molecular complexity index is 1870. The second-order valence-electron chi connectivity index (χ2n) is 12.2. The molecular weight excluding hydrogens is 647 g/mol. The zero-order chi connectivity index (χ0) is 35.7. The molecule has 0 spiro atoms. The highest BCUT2D eigenvalue weighted by Crippen LogP contribution is 2.36. The van der Waals surface area contributed by atoms with E-state index in [0.717, 1.165) is 84.9 Å². The van der Waals surface area contributed by atoms with Crippen molar-refractivity contribution in [1.29, 1.82) is 0 Å². The fourth-order valence-electron chi connectivity index (χ4n) is 5.89. The second-order valence-corrected chi connectivity index (χ2v) is 12.2. The lowest BCUT2D eigenvalue weighted by atomic mass is 9.99. The zero-order valence-electron chi connectivity index (χ0n) is 28.3. The van der Waals surface area contributed by atoms with E-state index in [4.69, 9.17) is 9.47 Å². The number of hydrogen-bond acceptors (Lipinski definition) is 6. The summed E-state index contributed by atoms with van der Waals surface area (Å²) in [5, 5.41) is 12.7. The lowest BCUT2D eigenvalue weighted by Crippen LogP contribution is -2.26. The van der Waals surface area contributed by atoms with E-state index in [-0.39, 0.29) is 23.4 Å². The summed E-state index contributed by atoms with van der Waals surface area (Å²) in [5.41, 5.74) is 2.62. The maximum absolute atomic E-state index is 14.2. The summed E-state index contributed by atoms with van der Waals surface area (Å²) in [6.07, 6.45) is 1.23. The van der Waals surface area contributed by atoms with Gasteiger partial charge in [-0.3, -0.25) is 9.59 Å². The number of ether oxygens (including phenoxy) is 2. The Morgan fingerprint density at radius 3 is 2.44 bits per heavy atom. The predicted octanol–water partition coefficient (Wildman–Crippen LogP) is 8.20. The molecule has 5 rings (SSSR count). The van der Waals surface area contributed by atoms with Gasteiger partial charge < -0.3 is 24.9 Å². The van der Waals surface area contributed by atoms with Crippen molar-refractivity contribution in [3.8, 4) is 16.9 Å². The summed E-state index contributed by atoms with van der Waals surface area (Å²) in [6, 6.07) is 19.6. The largest absolute Gasteiger partial charge is 0.491 e. The highest BCUT2D eigenvalue weighted by atomic mass is 19.4. The Morgan fingerprint density at radius 2 is 1.70 bits per heavy atom. The number of anilines is 2. The van der Waals surface area contributed by atoms with Gasteiger partial charge in [0, 0.05) is 61.4 Å². The van der Waals surface area contributed by atoms with Crippen LogP contribution in [-0.4, -0.2) is 48.8 Å². The average Bonchev–Trinajstić information content (AvgIpc) is 3.28. The quantitative estimate of drug-likeness (QED) is 0.102. The van der Waals surface area contributed by atoms with Crippen LogP contribution in [0.5, 0.6) is 5.75 Å². The maximum Gasteiger partial charge on any atom is 0.416 e. The molecule has 3 aromatic carbocycles. The fourth-order valence-corrected chi connectivity index (χ4v) is 5.89. The number of halogens is 3. The highest BCUT2D eigenvalue weighted by molar-refractivity contribution is 6.07. The Morgan fingerprint density at radius 1 is 0.920 bits per heavy atom. The standard InChI is InChI=1S/C39H42F3N3O5/c1-3-5-19-49-20-21-50-35-11-7-27(8-12-35)28-9-13-37-31(22-28)23-30(14-17-44(37)16-4-2)38(47)43-32-10-6-29(36(25-32)39(40,41)42)24-33-26-34(46)15-18-45(33)48/h6-13,15,18,22-23,25-26,48H,3-5,14,16-17,19-21,24H2,1-2H3,(H,43,47). The van der Waals surface area contributed by atoms with Crippen LogP contribution in [0.2, 0.25) is 0 Å². The van der Waals surface area contributed by atoms with Crippen LogP contribution in [-0.2, 0) is 22.1 Å². The number of pyridine rings is 1. The van der Waals surface area contributed by atoms with Gasteiger partial charge in [0.25, 0.3) is 5.91 Å². The summed E-state index contributed by atoms with van der Waals surface area (Å²) in [7, 11) is 0. The van der Waals surface area contributed by atoms with Crippen molar-refractivity contribution in [3.63, 3.8) is 0 Å². The van der Waals surface area contributed by atoms with Crippen LogP contribution in [0, 0.1) is 0 Å². The van der Waals surface area contributed by atoms with Gasteiger partial charge in [-0.1, -0.05) is 44.5 Å². The molecule has 1 amide bonds. The molecule has 0 atom stereocenters. The normalized spacial score (nSPS) is 13.0. The Balaban J connectivity index is 1.36. The molecule has 0 fully saturated rings. The molecule has 0 aliphatic carbocycles. The van der Waals surface area contributed by atoms with E-state index < -0.39 is 23.1 Å². The first-order valence-corrected chi connectivity index (χ1v) is 16.9. The van der Waals surface area contributed by atoms with Crippen LogP contribution in [0.3, 0.4) is 0 Å². The molecule has 50 heavy (non-hydrogen) atoms. The molecule has 0 bridgehead atoms. The first-order chi connectivity index (χ1) is 24.0. The monoisotopic (exact) mass is 689 g/mol. The van der Waals surface area contributed by atoms with Crippen molar-refractivity contribution < 1.29 is 32.6 Å². The average molecular weight is 690 g/mol. The number of alkyl halides is 3. The lowest BCUT2D eigenvalue weighted by Gasteiger charge is -2.25. The number of hydrogen-bond donors (Lipinski definition) is 2. The Kier molecular flexibility index (Phi) is 12.0. The zero-order valence-corrected chi connectivity index (χ0v) is 28.3. The van der Waals surface area contributed by atoms with Gasteiger partial charge in [-0.15, -0.1) is 0 Å². The van der Waals surface area contributed by atoms with E-state index in [1.54, 1.807) is 0 Å². The molecule has 0 unspecified atom stereocenters. The number of nitrogens with one attached hydrogen (secondary N) is 1. The van der Waals surface area contributed by atoms with E-state index in [1.165, 1.54) is 12.1 Å². The first kappa shape index (κ1) is 36.3. The predicted molar refractivity (Wildman–Crippen MR) is 189 cm³/mol. The first-order valence-electron chi connectivity index (χ1n) is 16.9. The highest BCUT2D eigenvalue weighted by Gasteiger charge is 2.34. The number of fused-ring (bicyclic) bond motifs is 1. The van der Waals surface area contributed by atoms with Crippen LogP contribution in [0.1, 0.15) is 61.9 Å². The summed E-state index contributed by atoms with van der Waals surface area (Å²) in [5.74, 6) is 0.249. The van der Waals surface area contributed by atoms with E-state index in [2.05, 4.69) is 24.1 Å². The number of unbranched alkanes of at least 4 members (excludes halogenated alkanes) is 1. The van der Waals surface area contributed by atoms with Crippen LogP contribution >= 0.6 is 0 Å². The Labute approximate surface area is 289 Å². The molecule has 2 N–H and O–H groups in total. The van der Waals surface area contributed by atoms with Gasteiger partial charge in [-0.25, -0.2) is 0 Å². The third-order valence-electron chi connectivity index (χ3n) is 8.49. The Hall–Kier alpha value is -5.03. The van der Waals surface area contributed by atoms with Gasteiger partial charge in [-0.05, 0) is 84.0 Å². The molecular formula is C39H42F3N3O5. The molecule has 1 aromatic heterocycles. The van der Waals surface area contributed by atoms with E-state index >= 15 is 0 Å². The van der Waals surface area contributed by atoms with Crippen LogP contribution < -0.4 is 20.4 Å². The second kappa shape index (κ2) is 16.6. The van der Waals surface area contributed by atoms with Crippen molar-refractivity contribution >= 4 is 23.4 Å². The van der Waals surface area contributed by atoms with Crippen LogP contribution in [0.25, 0.3) is 17.2 Å². The number of amides is 1. The van der Waals surface area contributed by atoms with Gasteiger partial charge in [0.05, 0.1) is 17.9 Å². The third-order valence-corrected chi connectivity index (χ3v) is 8.49. The number of carbonyl (C=O) groups is 1. The van der Waals surface area contributed by atoms with Crippen molar-refractivity contribution in [2.45, 2.75) is 52.1 Å². The third kappa shape index (κ3) is 9.35. The molecule has 0 radical (unpaired) electrons. The van der Waals surface area contributed by atoms with Crippen molar-refractivity contribution in [1.82, 2.24) is 4.73 Å². The fraction of sp³-hybridized carbons (Fsp3) is 0.333. The van der Waals surface area contributed by atoms with Gasteiger partial charge in [0.15, 0.2) is 5.43 Å². The van der Waals surface area contributed by atoms with E-state index in [1.807, 2.05) is 48.5 Å². The summed E-state index contributed by atoms with van der Waals surface area (Å²) >= 11 is 0. The van der Waals surface area contributed by atoms with Gasteiger partial charge >= 0.3 is 6.18 Å². The molecule has 1 aliphatic heterocycles. The van der Waals surface area contributed by atoms with Gasteiger partial charge in [-0.2, -0.15) is 17.9 Å². The SMILES string of the molecule is CCCCOCCOc1ccc(-c2ccc3c(c2)C=C(C(=O)Nc2ccc(Cc4cc(=O)ccn4O)c(C(F)(F)F)c2)CCN3CCC)cc1. The number of nitrogens with zero attached hydrogens (tertiary/aromatic N) is 2. The molecule has 0 saturated carbocycles. The maximum atomic E-state index is 14.2. The van der Waals surface area contributed by atoms with Gasteiger partial charge in [0.1, 0.15) is 12.4 Å². The van der Waals surface area contributed by atoms with E-state index in [0.29, 0.717) is 36.5 Å². The smallest absolute Gasteiger partial charge is 0.416 e. The van der Waals surface area contributed by atoms with E-state index in [9.17, 15) is 28.0 Å². The minimum atomic E-state index is -4.74. The van der Waals surface area contributed by atoms with Crippen molar-refractivity contribution in [3.05, 3.63) is 117 Å². The topological polar surface area (TPSA) is 93.0 Å². The number of rotatable bonds is 14. The molecule has 8 nitrogen and oxygen atoms in total. The molecule has 0 saturated heterocycles. The minimum Gasteiger partial charge on any atom is -0.491 e. The number of benzene rings is 3. The number of aromatic nitrogens is 1. The molecule has 4 aromatic rings. The molecule has 2 heterocycles. The van der Waals surface area contributed by atoms with Crippen LogP contribution in [0.15, 0.2) is 89.4 Å². The summed E-state index contributed by atoms with van der Waals surface area (Å²) in [4.78, 5) is 27.6. The van der Waals surface area contributed by atoms with Crippen molar-refractivity contribution in [2.75, 3.05) is 43.1 Å². The summed E-state index contributed by atoms with van der Waals surface area (Å²) in [6.45, 7) is 7.27. The molecule has 264 valence electrons. The lowest BCUT2D eigenvalue weighted by molar-refractivity contribution is -0.138. The summed E-state index contributed by atoms with van der Waals surface area (Å²) < 4.78 is 54.5.